The number of hydrogen-bond acceptors (Lipinski definition) is 3. The number of carboxylic acids is 1. The van der Waals surface area contributed by atoms with E-state index in [2.05, 4.69) is 15.4 Å². The van der Waals surface area contributed by atoms with Crippen molar-refractivity contribution in [1.29, 1.82) is 0 Å². The third-order valence-corrected chi connectivity index (χ3v) is 1.11. The van der Waals surface area contributed by atoms with Crippen molar-refractivity contribution < 1.29 is 9.90 Å². The van der Waals surface area contributed by atoms with Crippen LogP contribution in [-0.2, 0) is 0 Å². The van der Waals surface area contributed by atoms with E-state index in [0.29, 0.717) is 5.69 Å². The van der Waals surface area contributed by atoms with Crippen molar-refractivity contribution in [1.82, 2.24) is 15.4 Å². The Labute approximate surface area is 62.7 Å². The Morgan fingerprint density at radius 3 is 3.00 bits per heavy atom. The van der Waals surface area contributed by atoms with Gasteiger partial charge in [-0.3, -0.25) is 5.10 Å². The lowest BCUT2D eigenvalue weighted by Crippen LogP contribution is -1.98. The van der Waals surface area contributed by atoms with Crippen LogP contribution in [0.5, 0.6) is 0 Å². The van der Waals surface area contributed by atoms with E-state index in [9.17, 15) is 4.79 Å². The van der Waals surface area contributed by atoms with E-state index >= 15 is 0 Å². The fourth-order valence-corrected chi connectivity index (χ4v) is 0.677. The van der Waals surface area contributed by atoms with Crippen molar-refractivity contribution in [3.05, 3.63) is 17.5 Å². The molecule has 0 aliphatic heterocycles. The molecule has 0 aromatic carbocycles. The van der Waals surface area contributed by atoms with E-state index in [1.165, 1.54) is 0 Å². The van der Waals surface area contributed by atoms with Crippen molar-refractivity contribution >= 4 is 12.0 Å². The van der Waals surface area contributed by atoms with Gasteiger partial charge in [0, 0.05) is 0 Å². The van der Waals surface area contributed by atoms with Crippen LogP contribution in [0.1, 0.15) is 23.1 Å². The first-order chi connectivity index (χ1) is 5.25. The Balaban J connectivity index is 3.05. The summed E-state index contributed by atoms with van der Waals surface area (Å²) >= 11 is 0. The molecule has 2 N–H and O–H groups in total. The van der Waals surface area contributed by atoms with Gasteiger partial charge in [0.05, 0.1) is 5.69 Å². The summed E-state index contributed by atoms with van der Waals surface area (Å²) in [6.07, 6.45) is 3.31. The molecule has 1 aromatic heterocycles. The molecule has 0 saturated heterocycles. The normalized spacial score (nSPS) is 10.6. The van der Waals surface area contributed by atoms with Gasteiger partial charge in [-0.05, 0) is 13.0 Å². The minimum Gasteiger partial charge on any atom is -0.476 e. The van der Waals surface area contributed by atoms with Gasteiger partial charge < -0.3 is 5.11 Å². The second-order valence-electron chi connectivity index (χ2n) is 1.88. The average Bonchev–Trinajstić information content (AvgIpc) is 2.36. The number of aromatic carboxylic acids is 1. The van der Waals surface area contributed by atoms with Crippen LogP contribution >= 0.6 is 0 Å². The molecule has 0 aliphatic rings. The number of carbonyl (C=O) groups is 1. The summed E-state index contributed by atoms with van der Waals surface area (Å²) in [5.41, 5.74) is 0.364. The van der Waals surface area contributed by atoms with Gasteiger partial charge in [0.2, 0.25) is 0 Å². The quantitative estimate of drug-likeness (QED) is 0.649. The molecular weight excluding hydrogens is 146 g/mol. The summed E-state index contributed by atoms with van der Waals surface area (Å²) in [4.78, 5) is 10.4. The fourth-order valence-electron chi connectivity index (χ4n) is 0.677. The summed E-state index contributed by atoms with van der Waals surface area (Å²) in [6, 6.07) is 0. The minimum absolute atomic E-state index is 0.0527. The summed E-state index contributed by atoms with van der Waals surface area (Å²) in [5.74, 6) is -1.08. The molecule has 1 rings (SSSR count). The molecule has 0 fully saturated rings. The Hall–Kier alpha value is -1.65. The Kier molecular flexibility index (Phi) is 2.00. The van der Waals surface area contributed by atoms with Gasteiger partial charge >= 0.3 is 5.97 Å². The topological polar surface area (TPSA) is 78.9 Å². The molecular formula is C6H7N3O2. The molecule has 0 atom stereocenters. The van der Waals surface area contributed by atoms with Gasteiger partial charge in [0.25, 0.3) is 0 Å². The average molecular weight is 153 g/mol. The monoisotopic (exact) mass is 153 g/mol. The first-order valence-electron chi connectivity index (χ1n) is 3.02. The SMILES string of the molecule is C/C=C/c1[nH]nnc1C(=O)O. The van der Waals surface area contributed by atoms with Crippen molar-refractivity contribution in [2.45, 2.75) is 6.92 Å². The van der Waals surface area contributed by atoms with Crippen LogP contribution in [0, 0.1) is 0 Å². The minimum atomic E-state index is -1.08. The summed E-state index contributed by atoms with van der Waals surface area (Å²) in [7, 11) is 0. The van der Waals surface area contributed by atoms with Crippen LogP contribution in [0.25, 0.3) is 6.08 Å². The highest BCUT2D eigenvalue weighted by Gasteiger charge is 2.10. The number of carboxylic acid groups (broad SMARTS) is 1. The van der Waals surface area contributed by atoms with Crippen LogP contribution in [0.3, 0.4) is 0 Å². The smallest absolute Gasteiger partial charge is 0.358 e. The van der Waals surface area contributed by atoms with Crippen LogP contribution < -0.4 is 0 Å². The lowest BCUT2D eigenvalue weighted by molar-refractivity contribution is 0.0690. The lowest BCUT2D eigenvalue weighted by atomic mass is 10.3. The third-order valence-electron chi connectivity index (χ3n) is 1.11. The van der Waals surface area contributed by atoms with E-state index in [1.807, 2.05) is 0 Å². The maximum absolute atomic E-state index is 10.4. The van der Waals surface area contributed by atoms with Crippen molar-refractivity contribution in [3.63, 3.8) is 0 Å². The highest BCUT2D eigenvalue weighted by atomic mass is 16.4. The van der Waals surface area contributed by atoms with Gasteiger partial charge in [-0.15, -0.1) is 5.10 Å². The molecule has 5 nitrogen and oxygen atoms in total. The summed E-state index contributed by atoms with van der Waals surface area (Å²) < 4.78 is 0. The van der Waals surface area contributed by atoms with E-state index in [1.54, 1.807) is 19.1 Å². The molecule has 0 spiro atoms. The van der Waals surface area contributed by atoms with E-state index in [0.717, 1.165) is 0 Å². The van der Waals surface area contributed by atoms with Gasteiger partial charge in [0.1, 0.15) is 0 Å². The summed E-state index contributed by atoms with van der Waals surface area (Å²) in [6.45, 7) is 1.78. The molecule has 0 amide bonds. The Bertz CT molecular complexity index is 290. The first kappa shape index (κ1) is 7.46. The molecule has 5 heteroatoms. The number of H-pyrrole nitrogens is 1. The van der Waals surface area contributed by atoms with E-state index in [-0.39, 0.29) is 5.69 Å². The van der Waals surface area contributed by atoms with Gasteiger partial charge in [-0.2, -0.15) is 0 Å². The number of aromatic amines is 1. The highest BCUT2D eigenvalue weighted by molar-refractivity contribution is 5.88. The third kappa shape index (κ3) is 1.43. The zero-order valence-electron chi connectivity index (χ0n) is 5.90. The maximum Gasteiger partial charge on any atom is 0.358 e. The van der Waals surface area contributed by atoms with E-state index in [4.69, 9.17) is 5.11 Å². The van der Waals surface area contributed by atoms with Crippen LogP contribution in [-0.4, -0.2) is 26.5 Å². The number of rotatable bonds is 2. The predicted octanol–water partition coefficient (Wildman–Crippen LogP) is 0.536. The zero-order chi connectivity index (χ0) is 8.27. The number of nitrogens with zero attached hydrogens (tertiary/aromatic N) is 2. The molecule has 58 valence electrons. The molecule has 0 unspecified atom stereocenters. The largest absolute Gasteiger partial charge is 0.476 e. The second kappa shape index (κ2) is 2.96. The molecule has 0 bridgehead atoms. The first-order valence-corrected chi connectivity index (χ1v) is 3.02. The lowest BCUT2D eigenvalue weighted by Gasteiger charge is -1.85. The highest BCUT2D eigenvalue weighted by Crippen LogP contribution is 2.02. The van der Waals surface area contributed by atoms with Crippen LogP contribution in [0.4, 0.5) is 0 Å². The van der Waals surface area contributed by atoms with Gasteiger partial charge in [0.15, 0.2) is 5.69 Å². The molecule has 1 aromatic rings. The van der Waals surface area contributed by atoms with Crippen molar-refractivity contribution in [2.75, 3.05) is 0 Å². The molecule has 1 heterocycles. The standard InChI is InChI=1S/C6H7N3O2/c1-2-3-4-5(6(10)11)8-9-7-4/h2-3H,1H3,(H,10,11)(H,7,8,9)/b3-2+. The molecule has 0 aliphatic carbocycles. The summed E-state index contributed by atoms with van der Waals surface area (Å²) in [5, 5.41) is 17.7. The molecule has 0 radical (unpaired) electrons. The Morgan fingerprint density at radius 1 is 1.73 bits per heavy atom. The van der Waals surface area contributed by atoms with Crippen molar-refractivity contribution in [3.8, 4) is 0 Å². The number of hydrogen-bond donors (Lipinski definition) is 2. The van der Waals surface area contributed by atoms with Gasteiger partial charge in [-0.1, -0.05) is 11.3 Å². The Morgan fingerprint density at radius 2 is 2.45 bits per heavy atom. The zero-order valence-corrected chi connectivity index (χ0v) is 5.90. The van der Waals surface area contributed by atoms with E-state index < -0.39 is 5.97 Å². The van der Waals surface area contributed by atoms with Crippen LogP contribution in [0.2, 0.25) is 0 Å². The number of allylic oxidation sites excluding steroid dienone is 1. The fraction of sp³-hybridized carbons (Fsp3) is 0.167. The van der Waals surface area contributed by atoms with Crippen molar-refractivity contribution in [2.24, 2.45) is 0 Å². The second-order valence-corrected chi connectivity index (χ2v) is 1.88. The molecule has 0 saturated carbocycles. The predicted molar refractivity (Wildman–Crippen MR) is 38.0 cm³/mol. The van der Waals surface area contributed by atoms with Gasteiger partial charge in [-0.25, -0.2) is 4.79 Å². The molecule has 11 heavy (non-hydrogen) atoms. The van der Waals surface area contributed by atoms with Crippen LogP contribution in [0.15, 0.2) is 6.08 Å². The number of nitrogens with one attached hydrogen (secondary N) is 1. The maximum atomic E-state index is 10.4. The number of aromatic nitrogens is 3.